The van der Waals surface area contributed by atoms with Gasteiger partial charge in [0.1, 0.15) is 0 Å². The van der Waals surface area contributed by atoms with Gasteiger partial charge in [-0.3, -0.25) is 0 Å². The van der Waals surface area contributed by atoms with E-state index in [0.717, 1.165) is 65.3 Å². The maximum Gasteiger partial charge on any atom is 0.0600 e. The lowest BCUT2D eigenvalue weighted by atomic mass is 9.40. The van der Waals surface area contributed by atoms with Gasteiger partial charge in [0.25, 0.3) is 0 Å². The largest absolute Gasteiger partial charge is 0.399 e. The summed E-state index contributed by atoms with van der Waals surface area (Å²) in [5.74, 6) is 5.75. The van der Waals surface area contributed by atoms with Crippen LogP contribution in [0.25, 0.3) is 0 Å². The minimum Gasteiger partial charge on any atom is -0.399 e. The lowest BCUT2D eigenvalue weighted by molar-refractivity contribution is -0.184. The highest BCUT2D eigenvalue weighted by Crippen LogP contribution is 2.70. The van der Waals surface area contributed by atoms with Crippen molar-refractivity contribution in [1.29, 1.82) is 0 Å². The molecule has 0 saturated heterocycles. The van der Waals surface area contributed by atoms with Crippen LogP contribution in [-0.2, 0) is 6.42 Å². The fraction of sp³-hybridized carbons (Fsp3) is 0.838. The van der Waals surface area contributed by atoms with Gasteiger partial charge in [0.05, 0.1) is 6.10 Å². The fourth-order valence-corrected chi connectivity index (χ4v) is 11.4. The van der Waals surface area contributed by atoms with Gasteiger partial charge >= 0.3 is 0 Å². The molecule has 4 fully saturated rings. The van der Waals surface area contributed by atoms with Crippen molar-refractivity contribution in [3.8, 4) is 0 Å². The molecule has 3 heteroatoms. The van der Waals surface area contributed by atoms with E-state index in [1.165, 1.54) is 64.2 Å². The number of benzene rings is 1. The van der Waals surface area contributed by atoms with Crippen LogP contribution >= 0.6 is 0 Å². The Morgan fingerprint density at radius 3 is 2.20 bits per heavy atom. The van der Waals surface area contributed by atoms with Crippen molar-refractivity contribution < 1.29 is 5.11 Å². The third kappa shape index (κ3) is 5.47. The van der Waals surface area contributed by atoms with Gasteiger partial charge in [0.15, 0.2) is 0 Å². The van der Waals surface area contributed by atoms with Crippen LogP contribution in [0.1, 0.15) is 132 Å². The molecule has 10 atom stereocenters. The van der Waals surface area contributed by atoms with Gasteiger partial charge in [0, 0.05) is 16.8 Å². The smallest absolute Gasteiger partial charge is 0.0600 e. The minimum atomic E-state index is -0.259. The number of fused-ring (bicyclic) bond motifs is 5. The number of anilines is 2. The predicted molar refractivity (Wildman–Crippen MR) is 173 cm³/mol. The van der Waals surface area contributed by atoms with E-state index >= 15 is 0 Å². The first-order valence-electron chi connectivity index (χ1n) is 17.2. The quantitative estimate of drug-likeness (QED) is 0.295. The van der Waals surface area contributed by atoms with Crippen LogP contribution in [0.3, 0.4) is 0 Å². The molecule has 0 aromatic heterocycles. The number of nitrogens with two attached hydrogens (primary N) is 2. The molecule has 5 rings (SSSR count). The van der Waals surface area contributed by atoms with Crippen molar-refractivity contribution in [2.45, 2.75) is 139 Å². The van der Waals surface area contributed by atoms with E-state index in [0.29, 0.717) is 16.7 Å². The van der Waals surface area contributed by atoms with Crippen LogP contribution in [0.5, 0.6) is 0 Å². The van der Waals surface area contributed by atoms with Gasteiger partial charge in [0.2, 0.25) is 0 Å². The average molecular weight is 553 g/mol. The second-order valence-corrected chi connectivity index (χ2v) is 15.7. The first-order chi connectivity index (χ1) is 18.9. The summed E-state index contributed by atoms with van der Waals surface area (Å²) in [4.78, 5) is 0. The summed E-state index contributed by atoms with van der Waals surface area (Å²) in [6.07, 6.45) is 15.3. The summed E-state index contributed by atoms with van der Waals surface area (Å²) in [5, 5.41) is 11.5. The van der Waals surface area contributed by atoms with Crippen LogP contribution in [0, 0.1) is 57.7 Å². The molecule has 4 aliphatic rings. The van der Waals surface area contributed by atoms with Crippen LogP contribution in [-0.4, -0.2) is 11.2 Å². The number of nitrogen functional groups attached to an aromatic ring is 2. The first kappa shape index (κ1) is 31.7. The second kappa shape index (κ2) is 12.2. The van der Waals surface area contributed by atoms with E-state index in [9.17, 15) is 5.11 Å². The van der Waals surface area contributed by atoms with Crippen LogP contribution in [0.15, 0.2) is 18.2 Å². The van der Waals surface area contributed by atoms with E-state index in [-0.39, 0.29) is 11.5 Å². The van der Waals surface area contributed by atoms with Crippen molar-refractivity contribution >= 4 is 11.4 Å². The molecule has 4 saturated carbocycles. The van der Waals surface area contributed by atoms with Gasteiger partial charge in [-0.1, -0.05) is 80.7 Å². The van der Waals surface area contributed by atoms with Gasteiger partial charge in [-0.25, -0.2) is 0 Å². The Morgan fingerprint density at radius 1 is 0.850 bits per heavy atom. The Morgan fingerprint density at radius 2 is 1.52 bits per heavy atom. The zero-order chi connectivity index (χ0) is 29.5. The Balaban J connectivity index is 0.00000181. The molecule has 0 heterocycles. The van der Waals surface area contributed by atoms with Gasteiger partial charge < -0.3 is 16.6 Å². The van der Waals surface area contributed by atoms with Crippen LogP contribution < -0.4 is 11.5 Å². The molecule has 0 bridgehead atoms. The van der Waals surface area contributed by atoms with E-state index in [4.69, 9.17) is 11.5 Å². The highest BCUT2D eigenvalue weighted by Gasteiger charge is 2.64. The van der Waals surface area contributed by atoms with Gasteiger partial charge in [-0.05, 0) is 128 Å². The average Bonchev–Trinajstić information content (AvgIpc) is 3.27. The zero-order valence-corrected chi connectivity index (χ0v) is 27.4. The van der Waals surface area contributed by atoms with Gasteiger partial charge in [-0.15, -0.1) is 0 Å². The molecule has 0 amide bonds. The standard InChI is InChI=1S/C35H58N2O.C2H6/c1-22(2)8-7-9-23(3)27-13-14-28-26-12-15-31-34(5,29(26)16-18-33(27,28)4)19-17-32(38)35(31,6)21-24-10-11-25(36)20-30(24)37;1-2/h10-11,20,22-23,26-29,31-32,38H,7-9,12-19,21,36-37H2,1-6H3;1-2H3. The number of aliphatic hydroxyl groups is 1. The highest BCUT2D eigenvalue weighted by atomic mass is 16.3. The van der Waals surface area contributed by atoms with E-state index in [2.05, 4.69) is 47.6 Å². The molecule has 228 valence electrons. The van der Waals surface area contributed by atoms with Crippen molar-refractivity contribution in [1.82, 2.24) is 0 Å². The summed E-state index contributed by atoms with van der Waals surface area (Å²) < 4.78 is 0. The highest BCUT2D eigenvalue weighted by molar-refractivity contribution is 5.57. The van der Waals surface area contributed by atoms with Crippen molar-refractivity contribution in [2.75, 3.05) is 11.5 Å². The normalized spacial score (nSPS) is 41.4. The monoisotopic (exact) mass is 553 g/mol. The van der Waals surface area contributed by atoms with E-state index in [1.54, 1.807) is 0 Å². The van der Waals surface area contributed by atoms with Crippen molar-refractivity contribution in [3.63, 3.8) is 0 Å². The van der Waals surface area contributed by atoms with E-state index < -0.39 is 0 Å². The van der Waals surface area contributed by atoms with Crippen molar-refractivity contribution in [2.24, 2.45) is 57.7 Å². The molecule has 0 spiro atoms. The number of hydrogen-bond donors (Lipinski definition) is 3. The molecule has 10 unspecified atom stereocenters. The Kier molecular flexibility index (Phi) is 9.65. The third-order valence-corrected chi connectivity index (χ3v) is 13.3. The van der Waals surface area contributed by atoms with Crippen molar-refractivity contribution in [3.05, 3.63) is 23.8 Å². The fourth-order valence-electron chi connectivity index (χ4n) is 11.4. The minimum absolute atomic E-state index is 0.133. The molecular formula is C37H64N2O. The second-order valence-electron chi connectivity index (χ2n) is 15.7. The summed E-state index contributed by atoms with van der Waals surface area (Å²) in [6.45, 7) is 19.0. The number of aliphatic hydroxyl groups excluding tert-OH is 1. The summed E-state index contributed by atoms with van der Waals surface area (Å²) in [5.41, 5.74) is 15.8. The molecule has 1 aromatic carbocycles. The lowest BCUT2D eigenvalue weighted by Gasteiger charge is -2.65. The van der Waals surface area contributed by atoms with Crippen LogP contribution in [0.2, 0.25) is 0 Å². The number of rotatable bonds is 7. The molecule has 40 heavy (non-hydrogen) atoms. The molecule has 5 N–H and O–H groups in total. The number of hydrogen-bond acceptors (Lipinski definition) is 3. The predicted octanol–water partition coefficient (Wildman–Crippen LogP) is 9.52. The molecule has 3 nitrogen and oxygen atoms in total. The summed E-state index contributed by atoms with van der Waals surface area (Å²) in [6, 6.07) is 5.97. The molecule has 4 aliphatic carbocycles. The SMILES string of the molecule is CC.CC(C)CCCC(C)C1CCC2C3CCC4C(C)(Cc5ccc(N)cc5N)C(O)CCC4(C)C3CCC12C. The maximum atomic E-state index is 11.5. The first-order valence-corrected chi connectivity index (χ1v) is 17.2. The molecule has 0 radical (unpaired) electrons. The van der Waals surface area contributed by atoms with E-state index in [1.807, 2.05) is 26.0 Å². The third-order valence-electron chi connectivity index (χ3n) is 13.3. The Hall–Kier alpha value is -1.22. The molecule has 0 aliphatic heterocycles. The molecule has 1 aromatic rings. The van der Waals surface area contributed by atoms with Crippen LogP contribution in [0.4, 0.5) is 11.4 Å². The summed E-state index contributed by atoms with van der Waals surface area (Å²) >= 11 is 0. The molecular weight excluding hydrogens is 488 g/mol. The Labute approximate surface area is 247 Å². The maximum absolute atomic E-state index is 11.5. The van der Waals surface area contributed by atoms with Gasteiger partial charge in [-0.2, -0.15) is 0 Å². The summed E-state index contributed by atoms with van der Waals surface area (Å²) in [7, 11) is 0. The lowest BCUT2D eigenvalue weighted by Crippen LogP contribution is -2.60. The zero-order valence-electron chi connectivity index (χ0n) is 27.4. The topological polar surface area (TPSA) is 72.3 Å². The Bertz CT molecular complexity index is 990.